The van der Waals surface area contributed by atoms with E-state index in [1.807, 2.05) is 6.92 Å². The second kappa shape index (κ2) is 2.73. The number of aromatic amines is 1. The van der Waals surface area contributed by atoms with Crippen LogP contribution < -0.4 is 5.56 Å². The summed E-state index contributed by atoms with van der Waals surface area (Å²) in [6, 6.07) is 1.49. The summed E-state index contributed by atoms with van der Waals surface area (Å²) in [5.74, 6) is 1.08. The van der Waals surface area contributed by atoms with Gasteiger partial charge in [0.1, 0.15) is 5.76 Å². The van der Waals surface area contributed by atoms with Gasteiger partial charge >= 0.3 is 0 Å². The Morgan fingerprint density at radius 1 is 1.80 bits per heavy atom. The van der Waals surface area contributed by atoms with E-state index in [0.29, 0.717) is 5.92 Å². The van der Waals surface area contributed by atoms with E-state index in [9.17, 15) is 4.79 Å². The molecule has 0 saturated carbocycles. The molecule has 0 fully saturated rings. The first-order valence-corrected chi connectivity index (χ1v) is 3.42. The van der Waals surface area contributed by atoms with Crippen molar-refractivity contribution in [2.75, 3.05) is 0 Å². The fourth-order valence-electron chi connectivity index (χ4n) is 0.741. The van der Waals surface area contributed by atoms with E-state index in [4.69, 9.17) is 4.52 Å². The van der Waals surface area contributed by atoms with E-state index >= 15 is 0 Å². The van der Waals surface area contributed by atoms with E-state index in [2.05, 4.69) is 12.1 Å². The molecule has 0 aliphatic carbocycles. The number of aromatic nitrogens is 1. The van der Waals surface area contributed by atoms with Crippen LogP contribution in [0.5, 0.6) is 0 Å². The van der Waals surface area contributed by atoms with Crippen molar-refractivity contribution in [3.05, 3.63) is 22.2 Å². The van der Waals surface area contributed by atoms with Gasteiger partial charge in [-0.25, -0.2) is 0 Å². The number of H-pyrrole nitrogens is 1. The highest BCUT2D eigenvalue weighted by Gasteiger charge is 2.06. The first-order valence-electron chi connectivity index (χ1n) is 3.42. The fourth-order valence-corrected chi connectivity index (χ4v) is 0.741. The first kappa shape index (κ1) is 7.12. The molecule has 0 aliphatic rings. The van der Waals surface area contributed by atoms with Crippen LogP contribution in [0.4, 0.5) is 0 Å². The third kappa shape index (κ3) is 1.29. The van der Waals surface area contributed by atoms with Crippen molar-refractivity contribution in [1.82, 2.24) is 5.16 Å². The van der Waals surface area contributed by atoms with Gasteiger partial charge in [-0.2, -0.15) is 5.16 Å². The maximum atomic E-state index is 10.6. The molecule has 0 spiro atoms. The highest BCUT2D eigenvalue weighted by atomic mass is 16.5. The predicted molar refractivity (Wildman–Crippen MR) is 38.0 cm³/mol. The van der Waals surface area contributed by atoms with Gasteiger partial charge in [0.25, 0.3) is 5.56 Å². The van der Waals surface area contributed by atoms with Crippen LogP contribution in [-0.4, -0.2) is 5.16 Å². The van der Waals surface area contributed by atoms with Gasteiger partial charge in [0.05, 0.1) is 0 Å². The fraction of sp³-hybridized carbons (Fsp3) is 0.571. The Balaban J connectivity index is 2.84. The van der Waals surface area contributed by atoms with Gasteiger partial charge in [0, 0.05) is 12.0 Å². The third-order valence-corrected chi connectivity index (χ3v) is 1.64. The van der Waals surface area contributed by atoms with Gasteiger partial charge < -0.3 is 4.52 Å². The molecule has 1 aromatic rings. The predicted octanol–water partition coefficient (Wildman–Crippen LogP) is 1.48. The van der Waals surface area contributed by atoms with Crippen LogP contribution in [-0.2, 0) is 0 Å². The zero-order valence-corrected chi connectivity index (χ0v) is 6.18. The molecule has 1 heterocycles. The smallest absolute Gasteiger partial charge is 0.280 e. The quantitative estimate of drug-likeness (QED) is 0.678. The van der Waals surface area contributed by atoms with Crippen molar-refractivity contribution >= 4 is 0 Å². The molecule has 1 N–H and O–H groups in total. The Morgan fingerprint density at radius 2 is 2.50 bits per heavy atom. The summed E-state index contributed by atoms with van der Waals surface area (Å²) in [4.78, 5) is 10.6. The van der Waals surface area contributed by atoms with Crippen molar-refractivity contribution in [2.45, 2.75) is 26.2 Å². The second-order valence-electron chi connectivity index (χ2n) is 2.42. The molecule has 10 heavy (non-hydrogen) atoms. The largest absolute Gasteiger partial charge is 0.383 e. The average Bonchev–Trinajstić information content (AvgIpc) is 2.34. The lowest BCUT2D eigenvalue weighted by molar-refractivity contribution is 0.359. The minimum Gasteiger partial charge on any atom is -0.383 e. The molecule has 0 bridgehead atoms. The Hall–Kier alpha value is -0.990. The molecular formula is C7H11NO2. The normalized spacial score (nSPS) is 13.4. The zero-order valence-electron chi connectivity index (χ0n) is 6.18. The standard InChI is InChI=1S/C7H11NO2/c1-3-5(2)6-4-7(9)8-10-6/h4-5H,3H2,1-2H3,(H,8,9). The molecule has 0 aliphatic heterocycles. The molecule has 1 aromatic heterocycles. The van der Waals surface area contributed by atoms with Crippen LogP contribution in [0, 0.1) is 0 Å². The van der Waals surface area contributed by atoms with Crippen LogP contribution in [0.3, 0.4) is 0 Å². The Kier molecular flexibility index (Phi) is 1.94. The molecule has 0 radical (unpaired) electrons. The summed E-state index contributed by atoms with van der Waals surface area (Å²) in [6.07, 6.45) is 0.987. The number of hydrogen-bond donors (Lipinski definition) is 1. The molecule has 0 saturated heterocycles. The second-order valence-corrected chi connectivity index (χ2v) is 2.42. The minimum absolute atomic E-state index is 0.157. The molecule has 0 amide bonds. The van der Waals surface area contributed by atoms with Gasteiger partial charge in [-0.15, -0.1) is 0 Å². The molecular weight excluding hydrogens is 130 g/mol. The Labute approximate surface area is 59.0 Å². The lowest BCUT2D eigenvalue weighted by Crippen LogP contribution is -1.93. The van der Waals surface area contributed by atoms with Crippen LogP contribution in [0.25, 0.3) is 0 Å². The van der Waals surface area contributed by atoms with Crippen molar-refractivity contribution in [3.63, 3.8) is 0 Å². The third-order valence-electron chi connectivity index (χ3n) is 1.64. The summed E-state index contributed by atoms with van der Waals surface area (Å²) < 4.78 is 4.88. The average molecular weight is 141 g/mol. The maximum Gasteiger partial charge on any atom is 0.280 e. The molecule has 1 unspecified atom stereocenters. The summed E-state index contributed by atoms with van der Waals surface area (Å²) in [7, 11) is 0. The Bertz CT molecular complexity index is 248. The van der Waals surface area contributed by atoms with E-state index in [1.54, 1.807) is 0 Å². The van der Waals surface area contributed by atoms with Gasteiger partial charge in [-0.05, 0) is 6.42 Å². The van der Waals surface area contributed by atoms with Crippen LogP contribution in [0.15, 0.2) is 15.4 Å². The SMILES string of the molecule is CCC(C)c1cc(=O)[nH]o1. The lowest BCUT2D eigenvalue weighted by Gasteiger charge is -1.99. The number of hydrogen-bond acceptors (Lipinski definition) is 2. The molecule has 3 nitrogen and oxygen atoms in total. The minimum atomic E-state index is -0.157. The van der Waals surface area contributed by atoms with Gasteiger partial charge in [0.15, 0.2) is 0 Å². The van der Waals surface area contributed by atoms with Crippen molar-refractivity contribution < 1.29 is 4.52 Å². The summed E-state index contributed by atoms with van der Waals surface area (Å²) >= 11 is 0. The lowest BCUT2D eigenvalue weighted by atomic mass is 10.1. The monoisotopic (exact) mass is 141 g/mol. The molecule has 56 valence electrons. The summed E-state index contributed by atoms with van der Waals surface area (Å²) in [5.41, 5.74) is -0.157. The van der Waals surface area contributed by atoms with Gasteiger partial charge in [-0.1, -0.05) is 13.8 Å². The van der Waals surface area contributed by atoms with E-state index in [0.717, 1.165) is 12.2 Å². The molecule has 1 atom stereocenters. The molecule has 3 heteroatoms. The number of rotatable bonds is 2. The van der Waals surface area contributed by atoms with Crippen LogP contribution in [0.2, 0.25) is 0 Å². The molecule has 0 aromatic carbocycles. The maximum absolute atomic E-state index is 10.6. The van der Waals surface area contributed by atoms with Crippen molar-refractivity contribution in [3.8, 4) is 0 Å². The van der Waals surface area contributed by atoms with Crippen molar-refractivity contribution in [2.24, 2.45) is 0 Å². The molecule has 1 rings (SSSR count). The zero-order chi connectivity index (χ0) is 7.56. The van der Waals surface area contributed by atoms with Gasteiger partial charge in [-0.3, -0.25) is 4.79 Å². The highest BCUT2D eigenvalue weighted by Crippen LogP contribution is 2.14. The first-order chi connectivity index (χ1) is 4.74. The Morgan fingerprint density at radius 3 is 2.90 bits per heavy atom. The van der Waals surface area contributed by atoms with Crippen LogP contribution >= 0.6 is 0 Å². The number of nitrogens with one attached hydrogen (secondary N) is 1. The highest BCUT2D eigenvalue weighted by molar-refractivity contribution is 4.99. The van der Waals surface area contributed by atoms with Crippen molar-refractivity contribution in [1.29, 1.82) is 0 Å². The van der Waals surface area contributed by atoms with Gasteiger partial charge in [0.2, 0.25) is 0 Å². The van der Waals surface area contributed by atoms with Crippen LogP contribution in [0.1, 0.15) is 31.9 Å². The summed E-state index contributed by atoms with van der Waals surface area (Å²) in [6.45, 7) is 4.07. The summed E-state index contributed by atoms with van der Waals surface area (Å²) in [5, 5.41) is 2.25. The van der Waals surface area contributed by atoms with E-state index < -0.39 is 0 Å². The van der Waals surface area contributed by atoms with E-state index in [-0.39, 0.29) is 5.56 Å². The topological polar surface area (TPSA) is 46.0 Å². The van der Waals surface area contributed by atoms with E-state index in [1.165, 1.54) is 6.07 Å².